The number of carboxylic acid groups (broad SMARTS) is 1. The lowest BCUT2D eigenvalue weighted by Gasteiger charge is -2.55. The number of thiazole rings is 1. The molecule has 1 unspecified atom stereocenters. The molecular formula is C18H20N6O8S4. The van der Waals surface area contributed by atoms with Gasteiger partial charge in [-0.05, 0) is 12.3 Å². The number of nitrogens with one attached hydrogen (secondary N) is 2. The highest BCUT2D eigenvalue weighted by atomic mass is 32.2. The Balaban J connectivity index is 1.55. The molecule has 0 aliphatic carbocycles. The summed E-state index contributed by atoms with van der Waals surface area (Å²) in [6.07, 6.45) is 3.85. The van der Waals surface area contributed by atoms with Crippen molar-refractivity contribution in [2.45, 2.75) is 16.3 Å². The molecule has 1 aromatic rings. The van der Waals surface area contributed by atoms with E-state index in [9.17, 15) is 37.5 Å². The summed E-state index contributed by atoms with van der Waals surface area (Å²) in [4.78, 5) is 67.7. The van der Waals surface area contributed by atoms with Gasteiger partial charge in [0.15, 0.2) is 10.9 Å². The molecule has 18 heteroatoms. The third-order valence-electron chi connectivity index (χ3n) is 5.65. The Labute approximate surface area is 217 Å². The van der Waals surface area contributed by atoms with Crippen molar-refractivity contribution in [3.63, 3.8) is 0 Å². The average Bonchev–Trinajstić information content (AvgIpc) is 3.49. The second kappa shape index (κ2) is 9.56. The van der Waals surface area contributed by atoms with Gasteiger partial charge in [0.2, 0.25) is 10.0 Å². The van der Waals surface area contributed by atoms with Gasteiger partial charge >= 0.3 is 18.0 Å². The number of hydrogen-bond acceptors (Lipinski definition) is 11. The van der Waals surface area contributed by atoms with Crippen LogP contribution < -0.4 is 10.6 Å². The van der Waals surface area contributed by atoms with Gasteiger partial charge < -0.3 is 15.7 Å². The molecule has 2 saturated heterocycles. The summed E-state index contributed by atoms with van der Waals surface area (Å²) in [6, 6.07) is -3.48. The third kappa shape index (κ3) is 4.31. The Hall–Kier alpha value is -2.83. The van der Waals surface area contributed by atoms with Gasteiger partial charge in [-0.3, -0.25) is 14.5 Å². The molecule has 3 atom stereocenters. The molecule has 1 aromatic heterocycles. The molecule has 4 rings (SSSR count). The zero-order valence-corrected chi connectivity index (χ0v) is 22.0. The van der Waals surface area contributed by atoms with Gasteiger partial charge in [-0.1, -0.05) is 0 Å². The predicted octanol–water partition coefficient (Wildman–Crippen LogP) is -0.350. The number of urea groups is 2. The van der Waals surface area contributed by atoms with Crippen LogP contribution in [0.25, 0.3) is 0 Å². The first-order chi connectivity index (χ1) is 16.9. The van der Waals surface area contributed by atoms with Crippen molar-refractivity contribution < 1.29 is 37.5 Å². The number of rotatable bonds is 7. The maximum atomic E-state index is 13.4. The highest BCUT2D eigenvalue weighted by Gasteiger charge is 2.65. The van der Waals surface area contributed by atoms with Crippen LogP contribution in [0.5, 0.6) is 0 Å². The summed E-state index contributed by atoms with van der Waals surface area (Å²) >= 11 is 3.44. The van der Waals surface area contributed by atoms with Gasteiger partial charge in [-0.15, -0.1) is 34.9 Å². The Bertz CT molecular complexity index is 1270. The number of fused-ring (bicyclic) bond motifs is 1. The minimum Gasteiger partial charge on any atom is -0.477 e. The van der Waals surface area contributed by atoms with E-state index in [1.54, 1.807) is 6.26 Å². The molecule has 0 spiro atoms. The molecule has 0 aromatic carbocycles. The van der Waals surface area contributed by atoms with Crippen LogP contribution in [-0.4, -0.2) is 104 Å². The van der Waals surface area contributed by atoms with E-state index in [2.05, 4.69) is 15.6 Å². The summed E-state index contributed by atoms with van der Waals surface area (Å²) in [7, 11) is -3.88. The van der Waals surface area contributed by atoms with Crippen molar-refractivity contribution in [3.05, 3.63) is 28.4 Å². The molecule has 6 amide bonds. The van der Waals surface area contributed by atoms with Crippen LogP contribution in [0.4, 0.5) is 9.59 Å². The standard InChI is InChI=1S/C18H20N6O8S4/c1-33-18(14(28)24-10(13(26)27)3-6-35-15(18)24)21-12(25)11(9-7-34-8-19-9)20-16(29)22-4-5-23(17(22)30)36(2,31)32/h3,7-8,11,15H,4-6H2,1-2H3,(H,20,29)(H,21,25)(H,26,27)/t11?,15-,18+/m1/s1. The van der Waals surface area contributed by atoms with E-state index in [1.165, 1.54) is 28.7 Å². The van der Waals surface area contributed by atoms with E-state index in [1.807, 2.05) is 0 Å². The van der Waals surface area contributed by atoms with Crippen molar-refractivity contribution in [1.29, 1.82) is 0 Å². The monoisotopic (exact) mass is 576 g/mol. The molecule has 0 saturated carbocycles. The number of aromatic nitrogens is 1. The van der Waals surface area contributed by atoms with E-state index in [4.69, 9.17) is 0 Å². The second-order valence-corrected chi connectivity index (χ2v) is 12.5. The first-order valence-electron chi connectivity index (χ1n) is 10.2. The summed E-state index contributed by atoms with van der Waals surface area (Å²) < 4.78 is 24.1. The van der Waals surface area contributed by atoms with Crippen molar-refractivity contribution in [2.24, 2.45) is 0 Å². The molecule has 3 aliphatic heterocycles. The fourth-order valence-corrected chi connectivity index (χ4v) is 7.74. The highest BCUT2D eigenvalue weighted by molar-refractivity contribution is 8.04. The Kier molecular flexibility index (Phi) is 6.97. The molecule has 3 aliphatic rings. The van der Waals surface area contributed by atoms with Crippen molar-refractivity contribution in [2.75, 3.05) is 31.4 Å². The maximum absolute atomic E-state index is 13.4. The number of thioether (sulfide) groups is 2. The van der Waals surface area contributed by atoms with Crippen LogP contribution in [0.2, 0.25) is 0 Å². The molecule has 3 N–H and O–H groups in total. The third-order valence-corrected chi connectivity index (χ3v) is 9.93. The zero-order chi connectivity index (χ0) is 26.4. The topological polar surface area (TPSA) is 186 Å². The van der Waals surface area contributed by atoms with Crippen LogP contribution in [0.3, 0.4) is 0 Å². The highest BCUT2D eigenvalue weighted by Crippen LogP contribution is 2.49. The number of β-lactam (4-membered cyclic amide) rings is 1. The molecule has 4 heterocycles. The lowest BCUT2D eigenvalue weighted by Crippen LogP contribution is -2.78. The largest absolute Gasteiger partial charge is 0.477 e. The fourth-order valence-electron chi connectivity index (χ4n) is 3.90. The molecule has 14 nitrogen and oxygen atoms in total. The minimum atomic E-state index is -3.88. The fraction of sp³-hybridized carbons (Fsp3) is 0.444. The Morgan fingerprint density at radius 2 is 2.03 bits per heavy atom. The van der Waals surface area contributed by atoms with E-state index in [0.717, 1.165) is 34.3 Å². The zero-order valence-electron chi connectivity index (χ0n) is 18.7. The number of sulfonamides is 1. The summed E-state index contributed by atoms with van der Waals surface area (Å²) in [6.45, 7) is -0.439. The summed E-state index contributed by atoms with van der Waals surface area (Å²) in [5.41, 5.74) is 1.39. The maximum Gasteiger partial charge on any atom is 0.352 e. The lowest BCUT2D eigenvalue weighted by molar-refractivity contribution is -0.153. The number of aliphatic carboxylic acids is 1. The average molecular weight is 577 g/mol. The van der Waals surface area contributed by atoms with Gasteiger partial charge in [-0.2, -0.15) is 0 Å². The summed E-state index contributed by atoms with van der Waals surface area (Å²) in [5.74, 6) is -2.39. The number of carbonyl (C=O) groups excluding carboxylic acids is 4. The van der Waals surface area contributed by atoms with E-state index in [-0.39, 0.29) is 24.5 Å². The number of imide groups is 1. The predicted molar refractivity (Wildman–Crippen MR) is 130 cm³/mol. The van der Waals surface area contributed by atoms with E-state index >= 15 is 0 Å². The van der Waals surface area contributed by atoms with E-state index < -0.39 is 56.2 Å². The van der Waals surface area contributed by atoms with Gasteiger partial charge in [0.05, 0.1) is 30.5 Å². The molecule has 0 bridgehead atoms. The molecule has 2 fully saturated rings. The van der Waals surface area contributed by atoms with Crippen LogP contribution in [0, 0.1) is 0 Å². The van der Waals surface area contributed by atoms with Gasteiger partial charge in [0, 0.05) is 11.1 Å². The number of hydrogen-bond donors (Lipinski definition) is 3. The van der Waals surface area contributed by atoms with Gasteiger partial charge in [0.1, 0.15) is 11.1 Å². The number of carbonyl (C=O) groups is 5. The minimum absolute atomic E-state index is 0.139. The molecular weight excluding hydrogens is 557 g/mol. The van der Waals surface area contributed by atoms with Crippen LogP contribution in [-0.2, 0) is 24.4 Å². The van der Waals surface area contributed by atoms with Crippen molar-refractivity contribution in [1.82, 2.24) is 29.7 Å². The van der Waals surface area contributed by atoms with Crippen molar-refractivity contribution >= 4 is 74.7 Å². The Morgan fingerprint density at radius 1 is 1.31 bits per heavy atom. The van der Waals surface area contributed by atoms with Crippen LogP contribution >= 0.6 is 34.9 Å². The normalized spacial score (nSPS) is 24.6. The number of carboxylic acids is 1. The number of amides is 6. The molecule has 36 heavy (non-hydrogen) atoms. The smallest absolute Gasteiger partial charge is 0.352 e. The summed E-state index contributed by atoms with van der Waals surface area (Å²) in [5, 5.41) is 15.3. The van der Waals surface area contributed by atoms with Crippen LogP contribution in [0.15, 0.2) is 22.7 Å². The first-order valence-corrected chi connectivity index (χ1v) is 15.2. The molecule has 194 valence electrons. The second-order valence-electron chi connectivity index (χ2n) is 7.75. The SMILES string of the molecule is CS[C@@]1(NC(=O)C(NC(=O)N2CCN(S(C)(=O)=O)C2=O)c2cscn2)C(=O)N2C(C(=O)O)=CCS[C@@H]21. The van der Waals surface area contributed by atoms with Crippen LogP contribution in [0.1, 0.15) is 11.7 Å². The van der Waals surface area contributed by atoms with Gasteiger partial charge in [-0.25, -0.2) is 37.0 Å². The van der Waals surface area contributed by atoms with E-state index in [0.29, 0.717) is 15.0 Å². The first kappa shape index (κ1) is 26.2. The van der Waals surface area contributed by atoms with Gasteiger partial charge in [0.25, 0.3) is 11.8 Å². The quantitative estimate of drug-likeness (QED) is 0.284. The Morgan fingerprint density at radius 3 is 2.58 bits per heavy atom. The lowest BCUT2D eigenvalue weighted by atomic mass is 10.0. The molecule has 0 radical (unpaired) electrons. The van der Waals surface area contributed by atoms with Crippen molar-refractivity contribution in [3.8, 4) is 0 Å². The number of nitrogens with zero attached hydrogens (tertiary/aromatic N) is 4.